The lowest BCUT2D eigenvalue weighted by Crippen LogP contribution is -2.23. The second kappa shape index (κ2) is 5.30. The lowest BCUT2D eigenvalue weighted by molar-refractivity contribution is -0.118. The molecule has 0 bridgehead atoms. The lowest BCUT2D eigenvalue weighted by Gasteiger charge is -2.06. The predicted molar refractivity (Wildman–Crippen MR) is 60.1 cm³/mol. The highest BCUT2D eigenvalue weighted by atomic mass is 35.5. The average molecular weight is 243 g/mol. The fourth-order valence-corrected chi connectivity index (χ4v) is 2.07. The van der Waals surface area contributed by atoms with Gasteiger partial charge in [0.1, 0.15) is 11.6 Å². The summed E-state index contributed by atoms with van der Waals surface area (Å²) in [5.41, 5.74) is 0.783. The standard InChI is InChI=1S/C10H15ClN4O/c11-5-10(16)12-6-8-7-15(14-13-8)9-3-1-2-4-9/h7,9H,1-6H2,(H,12,16). The van der Waals surface area contributed by atoms with E-state index in [-0.39, 0.29) is 11.8 Å². The first-order valence-corrected chi connectivity index (χ1v) is 6.06. The monoisotopic (exact) mass is 242 g/mol. The maximum Gasteiger partial charge on any atom is 0.235 e. The molecule has 1 fully saturated rings. The normalized spacial score (nSPS) is 16.6. The van der Waals surface area contributed by atoms with Crippen molar-refractivity contribution in [2.75, 3.05) is 5.88 Å². The number of carbonyl (C=O) groups excluding carboxylic acids is 1. The minimum Gasteiger partial charge on any atom is -0.349 e. The molecule has 1 aromatic heterocycles. The Morgan fingerprint density at radius 3 is 3.00 bits per heavy atom. The first kappa shape index (κ1) is 11.4. The molecule has 1 aliphatic rings. The summed E-state index contributed by atoms with van der Waals surface area (Å²) < 4.78 is 1.91. The van der Waals surface area contributed by atoms with E-state index in [2.05, 4.69) is 15.6 Å². The number of aromatic nitrogens is 3. The number of rotatable bonds is 4. The van der Waals surface area contributed by atoms with E-state index in [9.17, 15) is 4.79 Å². The van der Waals surface area contributed by atoms with Crippen molar-refractivity contribution in [1.29, 1.82) is 0 Å². The minimum atomic E-state index is -0.183. The Kier molecular flexibility index (Phi) is 3.77. The van der Waals surface area contributed by atoms with E-state index in [0.29, 0.717) is 12.6 Å². The van der Waals surface area contributed by atoms with Crippen molar-refractivity contribution in [2.24, 2.45) is 0 Å². The molecule has 0 saturated heterocycles. The molecule has 0 aromatic carbocycles. The fourth-order valence-electron chi connectivity index (χ4n) is 1.98. The molecule has 6 heteroatoms. The largest absolute Gasteiger partial charge is 0.349 e. The van der Waals surface area contributed by atoms with Crippen LogP contribution >= 0.6 is 11.6 Å². The smallest absolute Gasteiger partial charge is 0.235 e. The molecule has 0 aliphatic heterocycles. The number of nitrogens with one attached hydrogen (secondary N) is 1. The van der Waals surface area contributed by atoms with E-state index in [1.54, 1.807) is 0 Å². The zero-order chi connectivity index (χ0) is 11.4. The van der Waals surface area contributed by atoms with Gasteiger partial charge in [0.2, 0.25) is 5.91 Å². The average Bonchev–Trinajstić information content (AvgIpc) is 2.95. The molecule has 0 unspecified atom stereocenters. The quantitative estimate of drug-likeness (QED) is 0.809. The number of nitrogens with zero attached hydrogens (tertiary/aromatic N) is 3. The molecule has 1 amide bonds. The summed E-state index contributed by atoms with van der Waals surface area (Å²) in [6.45, 7) is 0.401. The molecule has 1 aromatic rings. The molecule has 5 nitrogen and oxygen atoms in total. The summed E-state index contributed by atoms with van der Waals surface area (Å²) in [7, 11) is 0. The summed E-state index contributed by atoms with van der Waals surface area (Å²) in [5.74, 6) is -0.200. The number of halogens is 1. The minimum absolute atomic E-state index is 0.0171. The van der Waals surface area contributed by atoms with Crippen molar-refractivity contribution in [3.63, 3.8) is 0 Å². The van der Waals surface area contributed by atoms with Crippen molar-refractivity contribution >= 4 is 17.5 Å². The molecule has 16 heavy (non-hydrogen) atoms. The molecule has 1 aliphatic carbocycles. The van der Waals surface area contributed by atoms with E-state index >= 15 is 0 Å². The second-order valence-electron chi connectivity index (χ2n) is 4.04. The first-order valence-electron chi connectivity index (χ1n) is 5.53. The van der Waals surface area contributed by atoms with Crippen LogP contribution in [0.25, 0.3) is 0 Å². The van der Waals surface area contributed by atoms with Crippen molar-refractivity contribution in [1.82, 2.24) is 20.3 Å². The van der Waals surface area contributed by atoms with Gasteiger partial charge in [0, 0.05) is 0 Å². The highest BCUT2D eigenvalue weighted by Gasteiger charge is 2.18. The van der Waals surface area contributed by atoms with E-state index in [4.69, 9.17) is 11.6 Å². The fraction of sp³-hybridized carbons (Fsp3) is 0.700. The Balaban J connectivity index is 1.89. The molecular formula is C10H15ClN4O. The third-order valence-corrected chi connectivity index (χ3v) is 3.09. The van der Waals surface area contributed by atoms with Gasteiger partial charge in [0.05, 0.1) is 18.8 Å². The Morgan fingerprint density at radius 1 is 1.56 bits per heavy atom. The number of amides is 1. The topological polar surface area (TPSA) is 59.8 Å². The van der Waals surface area contributed by atoms with Crippen LogP contribution < -0.4 is 5.32 Å². The molecule has 2 rings (SSSR count). The van der Waals surface area contributed by atoms with Crippen molar-refractivity contribution in [3.05, 3.63) is 11.9 Å². The van der Waals surface area contributed by atoms with Crippen molar-refractivity contribution in [3.8, 4) is 0 Å². The molecule has 0 spiro atoms. The Labute approximate surface area is 99.2 Å². The first-order chi connectivity index (χ1) is 7.79. The predicted octanol–water partition coefficient (Wildman–Crippen LogP) is 1.25. The van der Waals surface area contributed by atoms with Gasteiger partial charge in [-0.3, -0.25) is 4.79 Å². The zero-order valence-electron chi connectivity index (χ0n) is 9.03. The van der Waals surface area contributed by atoms with Gasteiger partial charge in [0.25, 0.3) is 0 Å². The molecule has 1 saturated carbocycles. The van der Waals surface area contributed by atoms with Crippen LogP contribution in [-0.2, 0) is 11.3 Å². The molecule has 0 radical (unpaired) electrons. The Morgan fingerprint density at radius 2 is 2.31 bits per heavy atom. The summed E-state index contributed by atoms with van der Waals surface area (Å²) >= 11 is 5.37. The maximum absolute atomic E-state index is 11.0. The van der Waals surface area contributed by atoms with Crippen LogP contribution in [0.3, 0.4) is 0 Å². The molecule has 0 atom stereocenters. The third kappa shape index (κ3) is 2.72. The molecule has 1 N–H and O–H groups in total. The van der Waals surface area contributed by atoms with Crippen molar-refractivity contribution < 1.29 is 4.79 Å². The van der Waals surface area contributed by atoms with Gasteiger partial charge in [-0.15, -0.1) is 16.7 Å². The van der Waals surface area contributed by atoms with Gasteiger partial charge in [-0.05, 0) is 12.8 Å². The highest BCUT2D eigenvalue weighted by Crippen LogP contribution is 2.28. The van der Waals surface area contributed by atoms with Gasteiger partial charge in [0.15, 0.2) is 0 Å². The molecule has 88 valence electrons. The van der Waals surface area contributed by atoms with Gasteiger partial charge in [-0.2, -0.15) is 0 Å². The number of hydrogen-bond acceptors (Lipinski definition) is 3. The van der Waals surface area contributed by atoms with Crippen LogP contribution in [0.4, 0.5) is 0 Å². The molecular weight excluding hydrogens is 228 g/mol. The second-order valence-corrected chi connectivity index (χ2v) is 4.31. The van der Waals surface area contributed by atoms with E-state index < -0.39 is 0 Å². The summed E-state index contributed by atoms with van der Waals surface area (Å²) in [6, 6.07) is 0.491. The van der Waals surface area contributed by atoms with Crippen LogP contribution in [-0.4, -0.2) is 26.8 Å². The maximum atomic E-state index is 11.0. The van der Waals surface area contributed by atoms with Gasteiger partial charge >= 0.3 is 0 Å². The SMILES string of the molecule is O=C(CCl)NCc1cn(C2CCCC2)nn1. The molecule has 1 heterocycles. The Hall–Kier alpha value is -1.10. The van der Waals surface area contributed by atoms with Gasteiger partial charge < -0.3 is 5.32 Å². The zero-order valence-corrected chi connectivity index (χ0v) is 9.78. The number of hydrogen-bond donors (Lipinski definition) is 1. The lowest BCUT2D eigenvalue weighted by atomic mass is 10.2. The summed E-state index contributed by atoms with van der Waals surface area (Å²) in [4.78, 5) is 11.0. The summed E-state index contributed by atoms with van der Waals surface area (Å²) in [6.07, 6.45) is 6.80. The third-order valence-electron chi connectivity index (χ3n) is 2.84. The van der Waals surface area contributed by atoms with Gasteiger partial charge in [-0.1, -0.05) is 18.1 Å². The van der Waals surface area contributed by atoms with E-state index in [1.165, 1.54) is 25.7 Å². The van der Waals surface area contributed by atoms with E-state index in [1.807, 2.05) is 10.9 Å². The highest BCUT2D eigenvalue weighted by molar-refractivity contribution is 6.27. The Bertz CT molecular complexity index is 359. The van der Waals surface area contributed by atoms with Gasteiger partial charge in [-0.25, -0.2) is 4.68 Å². The van der Waals surface area contributed by atoms with Crippen molar-refractivity contribution in [2.45, 2.75) is 38.3 Å². The van der Waals surface area contributed by atoms with Crippen LogP contribution in [0.5, 0.6) is 0 Å². The van der Waals surface area contributed by atoms with E-state index in [0.717, 1.165) is 5.69 Å². The van der Waals surface area contributed by atoms with Crippen LogP contribution in [0, 0.1) is 0 Å². The summed E-state index contributed by atoms with van der Waals surface area (Å²) in [5, 5.41) is 10.8. The van der Waals surface area contributed by atoms with Crippen LogP contribution in [0.2, 0.25) is 0 Å². The number of alkyl halides is 1. The van der Waals surface area contributed by atoms with Crippen LogP contribution in [0.1, 0.15) is 37.4 Å². The van der Waals surface area contributed by atoms with Crippen LogP contribution in [0.15, 0.2) is 6.20 Å². The number of carbonyl (C=O) groups is 1.